The molecule has 6 rings (SSSR count). The summed E-state index contributed by atoms with van der Waals surface area (Å²) < 4.78 is 50.5. The Bertz CT molecular complexity index is 1960. The molecule has 4 saturated heterocycles. The first-order valence-corrected chi connectivity index (χ1v) is 21.2. The number of carbonyl (C=O) groups excluding carboxylic acids is 4. The zero-order valence-electron chi connectivity index (χ0n) is 37.1. The second-order valence-corrected chi connectivity index (χ2v) is 17.8. The van der Waals surface area contributed by atoms with Crippen LogP contribution in [0.25, 0.3) is 11.1 Å². The number of esters is 2. The van der Waals surface area contributed by atoms with E-state index in [1.54, 1.807) is 32.9 Å². The van der Waals surface area contributed by atoms with Gasteiger partial charge in [0.15, 0.2) is 23.6 Å². The first-order valence-electron chi connectivity index (χ1n) is 21.2. The van der Waals surface area contributed by atoms with Gasteiger partial charge in [-0.25, -0.2) is 4.79 Å². The summed E-state index contributed by atoms with van der Waals surface area (Å²) in [7, 11) is 3.80. The number of anilines is 1. The van der Waals surface area contributed by atoms with Crippen LogP contribution in [-0.2, 0) is 59.0 Å². The number of likely N-dealkylation sites (N-methyl/N-ethyl adjacent to an activating group) is 1. The number of amides is 1. The van der Waals surface area contributed by atoms with Crippen LogP contribution in [0.2, 0.25) is 0 Å². The first kappa shape index (κ1) is 46.2. The smallest absolute Gasteiger partial charge is 0.408 e. The number of hydrogen-bond acceptors (Lipinski definition) is 17. The quantitative estimate of drug-likeness (QED) is 0.211. The molecule has 2 aromatic rings. The van der Waals surface area contributed by atoms with Crippen LogP contribution < -0.4 is 11.1 Å². The van der Waals surface area contributed by atoms with Crippen LogP contribution in [-0.4, -0.2) is 127 Å². The van der Waals surface area contributed by atoms with E-state index >= 15 is 0 Å². The number of alkyl carbamates (subject to hydrolysis) is 1. The Hall–Kier alpha value is -4.36. The standard InChI is InChI=1S/C43H63N5O13/c1-12-32-43(9)36(46-41(52)61-43)23(4)33(50)21(2)17-42(8)37(60-39-35(57-26(7)49)30(48(10)11)15-22(3)56-39)24(5)34(25(6)38(51)59-32)53-19-28(20-54-42)47-55-18-27-13-14-31-29(16-27)45-40(44)58-31/h13-14,16,21-25,30,32,34-37,39H,12,15,17-20H2,1-11H3,(H2,44,45)(H,46,52)/b47-28-/t21-,22-,23+,24+,25-,30+,32-,34+,35-,36-,37-,39+,42-,43+/m1/s1. The monoisotopic (exact) mass is 857 g/mol. The maximum absolute atomic E-state index is 14.6. The Labute approximate surface area is 356 Å². The van der Waals surface area contributed by atoms with Crippen LogP contribution in [0.15, 0.2) is 27.8 Å². The minimum Gasteiger partial charge on any atom is -0.458 e. The number of cyclic esters (lactones) is 1. The highest BCUT2D eigenvalue weighted by Crippen LogP contribution is 2.42. The van der Waals surface area contributed by atoms with Gasteiger partial charge in [-0.2, -0.15) is 4.98 Å². The molecule has 2 bridgehead atoms. The van der Waals surface area contributed by atoms with Crippen molar-refractivity contribution in [1.82, 2.24) is 15.2 Å². The Kier molecular flexibility index (Phi) is 14.0. The predicted octanol–water partition coefficient (Wildman–Crippen LogP) is 4.54. The molecule has 4 aliphatic rings. The van der Waals surface area contributed by atoms with Gasteiger partial charge in [0.05, 0.1) is 55.1 Å². The number of rotatable bonds is 8. The number of nitrogens with one attached hydrogen (secondary N) is 1. The molecule has 0 spiro atoms. The normalized spacial score (nSPS) is 38.4. The molecule has 3 N–H and O–H groups in total. The molecule has 1 amide bonds. The lowest BCUT2D eigenvalue weighted by molar-refractivity contribution is -0.304. The van der Waals surface area contributed by atoms with Crippen molar-refractivity contribution in [2.75, 3.05) is 33.0 Å². The van der Waals surface area contributed by atoms with Gasteiger partial charge in [-0.15, -0.1) is 0 Å². The molecule has 338 valence electrons. The van der Waals surface area contributed by atoms with E-state index in [0.29, 0.717) is 29.7 Å². The molecule has 5 heterocycles. The van der Waals surface area contributed by atoms with Gasteiger partial charge >= 0.3 is 18.0 Å². The van der Waals surface area contributed by atoms with E-state index in [0.717, 1.165) is 5.56 Å². The molecular weight excluding hydrogens is 794 g/mol. The Morgan fingerprint density at radius 2 is 1.82 bits per heavy atom. The average Bonchev–Trinajstić information content (AvgIpc) is 3.74. The fraction of sp³-hybridized carbons (Fsp3) is 0.721. The third-order valence-electron chi connectivity index (χ3n) is 12.8. The average molecular weight is 858 g/mol. The SMILES string of the molecule is CC[C@H]1OC(=O)[C@H](C)[C@H]2OC/C(=N/OCc3ccc4oc(N)nc4c3)CO[C@](C)(C[C@@H](C)C(=O)[C@H](C)[C@H]3NC(=O)O[C@]31C)[C@H](O[C@@H]1O[C@H](C)C[C@H](N(C)C)[C@H]1OC(C)=O)[C@H]2C. The predicted molar refractivity (Wildman–Crippen MR) is 220 cm³/mol. The highest BCUT2D eigenvalue weighted by atomic mass is 16.7. The molecule has 1 aromatic carbocycles. The van der Waals surface area contributed by atoms with Gasteiger partial charge in [-0.05, 0) is 78.7 Å². The molecule has 4 aliphatic heterocycles. The molecule has 4 fully saturated rings. The number of nitrogens with two attached hydrogens (primary N) is 1. The number of ether oxygens (including phenoxy) is 7. The Morgan fingerprint density at radius 1 is 1.08 bits per heavy atom. The van der Waals surface area contributed by atoms with Crippen molar-refractivity contribution >= 4 is 46.6 Å². The van der Waals surface area contributed by atoms with Crippen LogP contribution in [0.1, 0.15) is 87.1 Å². The number of oxime groups is 1. The number of nitrogens with zero attached hydrogens (tertiary/aromatic N) is 3. The summed E-state index contributed by atoms with van der Waals surface area (Å²) in [5.74, 6) is -4.28. The number of fused-ring (bicyclic) bond motifs is 5. The van der Waals surface area contributed by atoms with Crippen LogP contribution >= 0.6 is 0 Å². The van der Waals surface area contributed by atoms with Crippen molar-refractivity contribution in [2.45, 2.75) is 148 Å². The Balaban J connectivity index is 1.43. The van der Waals surface area contributed by atoms with E-state index in [1.807, 2.05) is 59.7 Å². The van der Waals surface area contributed by atoms with Crippen molar-refractivity contribution in [3.05, 3.63) is 23.8 Å². The molecule has 0 aliphatic carbocycles. The van der Waals surface area contributed by atoms with Crippen LogP contribution in [0.4, 0.5) is 10.8 Å². The number of nitrogen functional groups attached to an aromatic ring is 1. The summed E-state index contributed by atoms with van der Waals surface area (Å²) in [6, 6.07) is 4.32. The van der Waals surface area contributed by atoms with Crippen LogP contribution in [0.3, 0.4) is 0 Å². The number of Topliss-reactive ketones (excluding diaryl/α,β-unsaturated/α-hetero) is 1. The number of hydrogen-bond donors (Lipinski definition) is 2. The summed E-state index contributed by atoms with van der Waals surface area (Å²) in [5.41, 5.74) is 5.31. The second kappa shape index (κ2) is 18.5. The third-order valence-corrected chi connectivity index (χ3v) is 12.8. The summed E-state index contributed by atoms with van der Waals surface area (Å²) in [6.07, 6.45) is -4.67. The maximum atomic E-state index is 14.6. The summed E-state index contributed by atoms with van der Waals surface area (Å²) in [5, 5.41) is 7.30. The molecule has 18 nitrogen and oxygen atoms in total. The van der Waals surface area contributed by atoms with Crippen molar-refractivity contribution in [3.8, 4) is 0 Å². The van der Waals surface area contributed by atoms with Crippen molar-refractivity contribution < 1.29 is 61.6 Å². The Morgan fingerprint density at radius 3 is 2.51 bits per heavy atom. The zero-order chi connectivity index (χ0) is 44.6. The molecule has 1 aromatic heterocycles. The third kappa shape index (κ3) is 9.83. The molecular formula is C43H63N5O13. The molecule has 0 radical (unpaired) electrons. The number of ketones is 1. The minimum atomic E-state index is -1.35. The summed E-state index contributed by atoms with van der Waals surface area (Å²) >= 11 is 0. The van der Waals surface area contributed by atoms with Gasteiger partial charge < -0.3 is 58.4 Å². The van der Waals surface area contributed by atoms with E-state index in [9.17, 15) is 19.2 Å². The van der Waals surface area contributed by atoms with Gasteiger partial charge in [-0.3, -0.25) is 14.4 Å². The van der Waals surface area contributed by atoms with Crippen LogP contribution in [0, 0.1) is 23.7 Å². The fourth-order valence-corrected chi connectivity index (χ4v) is 9.68. The van der Waals surface area contributed by atoms with E-state index < -0.39 is 89.7 Å². The van der Waals surface area contributed by atoms with Crippen molar-refractivity contribution in [2.24, 2.45) is 28.8 Å². The van der Waals surface area contributed by atoms with E-state index in [4.69, 9.17) is 48.1 Å². The topological polar surface area (TPSA) is 222 Å². The number of carbonyl (C=O) groups is 4. The summed E-state index contributed by atoms with van der Waals surface area (Å²) in [4.78, 5) is 66.5. The van der Waals surface area contributed by atoms with Gasteiger partial charge in [0.25, 0.3) is 6.01 Å². The lowest BCUT2D eigenvalue weighted by Gasteiger charge is -2.49. The van der Waals surface area contributed by atoms with Crippen molar-refractivity contribution in [1.29, 1.82) is 0 Å². The van der Waals surface area contributed by atoms with E-state index in [1.165, 1.54) is 6.92 Å². The highest BCUT2D eigenvalue weighted by molar-refractivity contribution is 5.87. The molecule has 0 unspecified atom stereocenters. The van der Waals surface area contributed by atoms with Gasteiger partial charge in [0.1, 0.15) is 29.7 Å². The molecule has 14 atom stereocenters. The highest BCUT2D eigenvalue weighted by Gasteiger charge is 2.58. The fourth-order valence-electron chi connectivity index (χ4n) is 9.68. The van der Waals surface area contributed by atoms with E-state index in [-0.39, 0.29) is 50.2 Å². The molecule has 18 heteroatoms. The number of oxazole rings is 1. The molecule has 61 heavy (non-hydrogen) atoms. The first-order chi connectivity index (χ1) is 28.7. The lowest BCUT2D eigenvalue weighted by Crippen LogP contribution is -2.61. The number of aromatic nitrogens is 1. The van der Waals surface area contributed by atoms with Gasteiger partial charge in [-0.1, -0.05) is 38.9 Å². The minimum absolute atomic E-state index is 0.0545. The van der Waals surface area contributed by atoms with E-state index in [2.05, 4.69) is 15.5 Å². The second-order valence-electron chi connectivity index (χ2n) is 17.8. The van der Waals surface area contributed by atoms with Crippen LogP contribution in [0.5, 0.6) is 0 Å². The zero-order valence-corrected chi connectivity index (χ0v) is 37.1. The maximum Gasteiger partial charge on any atom is 0.408 e. The van der Waals surface area contributed by atoms with Gasteiger partial charge in [0.2, 0.25) is 0 Å². The van der Waals surface area contributed by atoms with Crippen molar-refractivity contribution in [3.63, 3.8) is 0 Å². The lowest BCUT2D eigenvalue weighted by atomic mass is 9.73. The number of benzene rings is 1. The molecule has 0 saturated carbocycles. The summed E-state index contributed by atoms with van der Waals surface area (Å²) in [6.45, 7) is 15.7. The largest absolute Gasteiger partial charge is 0.458 e. The van der Waals surface area contributed by atoms with Gasteiger partial charge in [0, 0.05) is 24.7 Å².